The molecule has 0 N–H and O–H groups in total. The van der Waals surface area contributed by atoms with Gasteiger partial charge >= 0.3 is 0 Å². The van der Waals surface area contributed by atoms with Crippen molar-refractivity contribution < 1.29 is 14.0 Å². The first kappa shape index (κ1) is 22.0. The molecule has 0 amide bonds. The summed E-state index contributed by atoms with van der Waals surface area (Å²) in [6.45, 7) is 0. The van der Waals surface area contributed by atoms with Crippen LogP contribution in [0.25, 0.3) is 99.2 Å². The predicted octanol–water partition coefficient (Wildman–Crippen LogP) is 13.1. The van der Waals surface area contributed by atoms with E-state index in [1.54, 1.807) is 10.6 Å². The van der Waals surface area contributed by atoms with Crippen molar-refractivity contribution in [2.45, 2.75) is 0 Å². The number of nitrogens with zero attached hydrogens (tertiary/aromatic N) is 2. The highest BCUT2D eigenvalue weighted by Crippen LogP contribution is 2.40. The van der Waals surface area contributed by atoms with Crippen LogP contribution >= 0.6 is 0 Å². The number of rotatable bonds is 4. The molecule has 0 spiro atoms. The zero-order chi connectivity index (χ0) is 39.6. The van der Waals surface area contributed by atoms with E-state index in [0.29, 0.717) is 22.4 Å². The van der Waals surface area contributed by atoms with E-state index < -0.39 is 12.1 Å². The molecule has 0 saturated carbocycles. The van der Waals surface area contributed by atoms with Crippen molar-refractivity contribution in [2.75, 3.05) is 0 Å². The Bertz CT molecular complexity index is 3550. The summed E-state index contributed by atoms with van der Waals surface area (Å²) in [6.07, 6.45) is 0. The Kier molecular flexibility index (Phi) is 4.67. The van der Waals surface area contributed by atoms with Crippen LogP contribution in [0.2, 0.25) is 0 Å². The van der Waals surface area contributed by atoms with Crippen molar-refractivity contribution in [1.29, 1.82) is 0 Å². The molecule has 0 saturated heterocycles. The van der Waals surface area contributed by atoms with Gasteiger partial charge in [0.2, 0.25) is 0 Å². The SMILES string of the molecule is [2H]c1c([2H])c([2H])c2c(c1[2H])c1c([2H])c(-c3ccc4c(c3)c3ccccc3n4-c3cccc(-c4ccccc4)c3)c([2H])c([2H])c1n2-c1cccc2c1oc1ccccc12. The zero-order valence-electron chi connectivity index (χ0n) is 34.1. The molecule has 0 aliphatic carbocycles. The van der Waals surface area contributed by atoms with Gasteiger partial charge in [0.05, 0.1) is 37.3 Å². The van der Waals surface area contributed by atoms with E-state index in [2.05, 4.69) is 53.1 Å². The molecule has 0 fully saturated rings. The van der Waals surface area contributed by atoms with Crippen molar-refractivity contribution in [3.8, 4) is 33.6 Å². The summed E-state index contributed by atoms with van der Waals surface area (Å²) in [5.41, 5.74) is 7.69. The molecule has 3 heterocycles. The number of fused-ring (bicyclic) bond motifs is 9. The predicted molar refractivity (Wildman–Crippen MR) is 213 cm³/mol. The van der Waals surface area contributed by atoms with E-state index in [4.69, 9.17) is 9.90 Å². The van der Waals surface area contributed by atoms with Gasteiger partial charge in [-0.1, -0.05) is 121 Å². The maximum atomic E-state index is 9.83. The number of benzene rings is 8. The van der Waals surface area contributed by atoms with Gasteiger partial charge in [-0.25, -0.2) is 0 Å². The lowest BCUT2D eigenvalue weighted by molar-refractivity contribution is 0.666. The number of furan rings is 1. The highest BCUT2D eigenvalue weighted by atomic mass is 16.3. The third-order valence-corrected chi connectivity index (χ3v) is 9.95. The summed E-state index contributed by atoms with van der Waals surface area (Å²) in [5, 5.41) is 3.85. The Morgan fingerprint density at radius 1 is 0.412 bits per heavy atom. The van der Waals surface area contributed by atoms with Crippen LogP contribution < -0.4 is 0 Å². The minimum atomic E-state index is -0.438. The summed E-state index contributed by atoms with van der Waals surface area (Å²) in [7, 11) is 0. The van der Waals surface area contributed by atoms with Crippen LogP contribution in [0.4, 0.5) is 0 Å². The number of hydrogen-bond acceptors (Lipinski definition) is 1. The van der Waals surface area contributed by atoms with Crippen LogP contribution in [0.1, 0.15) is 9.60 Å². The molecule has 11 aromatic rings. The van der Waals surface area contributed by atoms with E-state index in [9.17, 15) is 4.11 Å². The van der Waals surface area contributed by atoms with Gasteiger partial charge in [0.15, 0.2) is 5.58 Å². The van der Waals surface area contributed by atoms with E-state index >= 15 is 0 Å². The molecular weight excluding hydrogens is 621 g/mol. The standard InChI is InChI=1S/C48H30N2O/c1-2-12-31(13-3-1)32-14-10-15-35(28-32)49-42-20-7-4-16-36(42)40-29-33(24-26-44(40)49)34-25-27-45-41(30-34)37-17-5-8-21-43(37)50(45)46-22-11-19-39-38-18-6-9-23-47(38)51-48(39)46/h1-30H/i5D,8D,17D,21D,25D,27D,30D. The smallest absolute Gasteiger partial charge is 0.159 e. The maximum Gasteiger partial charge on any atom is 0.159 e. The topological polar surface area (TPSA) is 23.0 Å². The summed E-state index contributed by atoms with van der Waals surface area (Å²) in [6, 6.07) is 43.8. The zero-order valence-corrected chi connectivity index (χ0v) is 27.1. The maximum absolute atomic E-state index is 9.83. The van der Waals surface area contributed by atoms with Crippen molar-refractivity contribution in [1.82, 2.24) is 9.13 Å². The number of para-hydroxylation sites is 4. The van der Waals surface area contributed by atoms with E-state index in [0.717, 1.165) is 49.4 Å². The van der Waals surface area contributed by atoms with Gasteiger partial charge in [0.25, 0.3) is 0 Å². The molecule has 0 aliphatic heterocycles. The normalized spacial score (nSPS) is 13.8. The molecule has 0 radical (unpaired) electrons. The third-order valence-electron chi connectivity index (χ3n) is 9.95. The largest absolute Gasteiger partial charge is 0.454 e. The second-order valence-electron chi connectivity index (χ2n) is 12.8. The van der Waals surface area contributed by atoms with Crippen molar-refractivity contribution >= 4 is 65.6 Å². The lowest BCUT2D eigenvalue weighted by atomic mass is 10.0. The second kappa shape index (κ2) is 10.8. The van der Waals surface area contributed by atoms with Gasteiger partial charge in [-0.2, -0.15) is 0 Å². The van der Waals surface area contributed by atoms with E-state index in [1.165, 1.54) is 0 Å². The Labute approximate surface area is 303 Å². The molecule has 0 aliphatic rings. The van der Waals surface area contributed by atoms with Crippen LogP contribution in [0, 0.1) is 0 Å². The highest BCUT2D eigenvalue weighted by Gasteiger charge is 2.19. The van der Waals surface area contributed by atoms with Crippen LogP contribution in [-0.4, -0.2) is 9.13 Å². The average Bonchev–Trinajstić information content (AvgIpc) is 3.93. The van der Waals surface area contributed by atoms with Gasteiger partial charge < -0.3 is 13.6 Å². The minimum absolute atomic E-state index is 0.0970. The molecule has 11 rings (SSSR count). The lowest BCUT2D eigenvalue weighted by Gasteiger charge is -2.11. The van der Waals surface area contributed by atoms with Crippen molar-refractivity contribution in [3.63, 3.8) is 0 Å². The molecule has 3 heteroatoms. The first-order valence-corrected chi connectivity index (χ1v) is 16.9. The summed E-state index contributed by atoms with van der Waals surface area (Å²) >= 11 is 0. The molecule has 3 nitrogen and oxygen atoms in total. The van der Waals surface area contributed by atoms with E-state index in [-0.39, 0.29) is 57.6 Å². The molecule has 51 heavy (non-hydrogen) atoms. The van der Waals surface area contributed by atoms with Crippen LogP contribution in [0.5, 0.6) is 0 Å². The summed E-state index contributed by atoms with van der Waals surface area (Å²) < 4.78 is 74.9. The van der Waals surface area contributed by atoms with Crippen LogP contribution in [-0.2, 0) is 0 Å². The van der Waals surface area contributed by atoms with Crippen molar-refractivity contribution in [3.05, 3.63) is 182 Å². The number of aromatic nitrogens is 2. The van der Waals surface area contributed by atoms with Gasteiger partial charge in [0, 0.05) is 38.0 Å². The fourth-order valence-electron chi connectivity index (χ4n) is 7.67. The molecule has 0 atom stereocenters. The second-order valence-corrected chi connectivity index (χ2v) is 12.8. The van der Waals surface area contributed by atoms with Gasteiger partial charge in [0.1, 0.15) is 5.58 Å². The Balaban J connectivity index is 1.20. The van der Waals surface area contributed by atoms with E-state index in [1.807, 2.05) is 84.9 Å². The molecule has 8 aromatic carbocycles. The quantitative estimate of drug-likeness (QED) is 0.185. The first-order chi connectivity index (χ1) is 28.2. The minimum Gasteiger partial charge on any atom is -0.454 e. The third kappa shape index (κ3) is 4.19. The first-order valence-electron chi connectivity index (χ1n) is 20.4. The Morgan fingerprint density at radius 2 is 1.14 bits per heavy atom. The molecular formula is C48H30N2O. The Morgan fingerprint density at radius 3 is 2.08 bits per heavy atom. The lowest BCUT2D eigenvalue weighted by Crippen LogP contribution is -1.94. The summed E-state index contributed by atoms with van der Waals surface area (Å²) in [5.74, 6) is 0. The molecule has 0 unspecified atom stereocenters. The van der Waals surface area contributed by atoms with Gasteiger partial charge in [-0.3, -0.25) is 0 Å². The average molecular weight is 658 g/mol. The fraction of sp³-hybridized carbons (Fsp3) is 0. The fourth-order valence-corrected chi connectivity index (χ4v) is 7.67. The van der Waals surface area contributed by atoms with Crippen LogP contribution in [0.3, 0.4) is 0 Å². The monoisotopic (exact) mass is 657 g/mol. The van der Waals surface area contributed by atoms with Gasteiger partial charge in [-0.15, -0.1) is 0 Å². The Hall–Kier alpha value is -6.84. The van der Waals surface area contributed by atoms with Crippen molar-refractivity contribution in [2.24, 2.45) is 0 Å². The molecule has 3 aromatic heterocycles. The highest BCUT2D eigenvalue weighted by molar-refractivity contribution is 6.14. The molecule has 0 bridgehead atoms. The molecule has 238 valence electrons. The summed E-state index contributed by atoms with van der Waals surface area (Å²) in [4.78, 5) is 0. The van der Waals surface area contributed by atoms with Gasteiger partial charge in [-0.05, 0) is 82.8 Å². The number of hydrogen-bond donors (Lipinski definition) is 0. The van der Waals surface area contributed by atoms with Crippen LogP contribution in [0.15, 0.2) is 186 Å².